The average molecular weight is 315 g/mol. The van der Waals surface area contributed by atoms with Crippen LogP contribution in [0.5, 0.6) is 0 Å². The first-order valence-corrected chi connectivity index (χ1v) is 8.29. The number of hydrogen-bond acceptors (Lipinski definition) is 3. The molecule has 0 fully saturated rings. The van der Waals surface area contributed by atoms with Crippen molar-refractivity contribution in [2.75, 3.05) is 13.1 Å². The summed E-state index contributed by atoms with van der Waals surface area (Å²) in [4.78, 5) is 4.48. The molecular weight excluding hydrogens is 289 g/mol. The molecule has 0 amide bonds. The van der Waals surface area contributed by atoms with Crippen LogP contribution in [0.25, 0.3) is 0 Å². The first-order valence-electron chi connectivity index (χ1n) is 8.29. The molecule has 0 radical (unpaired) electrons. The third kappa shape index (κ3) is 6.08. The van der Waals surface area contributed by atoms with E-state index in [0.717, 1.165) is 43.6 Å². The molecule has 3 nitrogen and oxygen atoms in total. The predicted molar refractivity (Wildman–Crippen MR) is 92.9 cm³/mol. The minimum atomic E-state index is -0.206. The number of rotatable bonds is 9. The lowest BCUT2D eigenvalue weighted by atomic mass is 9.92. The largest absolute Gasteiger partial charge is 0.328 e. The van der Waals surface area contributed by atoms with Gasteiger partial charge in [0, 0.05) is 23.9 Å². The van der Waals surface area contributed by atoms with Gasteiger partial charge in [-0.1, -0.05) is 18.2 Å². The summed E-state index contributed by atoms with van der Waals surface area (Å²) in [6.45, 7) is 3.91. The molecule has 1 heterocycles. The Kier molecular flexibility index (Phi) is 7.17. The third-order valence-electron chi connectivity index (χ3n) is 3.94. The molecule has 0 aliphatic heterocycles. The van der Waals surface area contributed by atoms with E-state index in [0.29, 0.717) is 0 Å². The lowest BCUT2D eigenvalue weighted by molar-refractivity contribution is 0.551. The number of nitrogens with two attached hydrogens (primary N) is 1. The fourth-order valence-electron chi connectivity index (χ4n) is 2.68. The Morgan fingerprint density at radius 3 is 2.52 bits per heavy atom. The molecule has 2 atom stereocenters. The van der Waals surface area contributed by atoms with Gasteiger partial charge in [-0.25, -0.2) is 4.39 Å². The van der Waals surface area contributed by atoms with Crippen LogP contribution in [0.2, 0.25) is 0 Å². The highest BCUT2D eigenvalue weighted by molar-refractivity contribution is 5.28. The first kappa shape index (κ1) is 17.6. The molecule has 23 heavy (non-hydrogen) atoms. The van der Waals surface area contributed by atoms with Crippen molar-refractivity contribution in [1.29, 1.82) is 0 Å². The van der Waals surface area contributed by atoms with Crippen LogP contribution in [-0.4, -0.2) is 24.1 Å². The van der Waals surface area contributed by atoms with Crippen molar-refractivity contribution in [3.8, 4) is 0 Å². The molecule has 0 aliphatic carbocycles. The van der Waals surface area contributed by atoms with Crippen LogP contribution in [0.1, 0.15) is 43.4 Å². The Morgan fingerprint density at radius 2 is 1.87 bits per heavy atom. The maximum atomic E-state index is 13.2. The van der Waals surface area contributed by atoms with Gasteiger partial charge in [0.05, 0.1) is 0 Å². The highest BCUT2D eigenvalue weighted by atomic mass is 19.1. The number of nitrogens with one attached hydrogen (secondary N) is 1. The summed E-state index contributed by atoms with van der Waals surface area (Å²) in [5.41, 5.74) is 7.88. The summed E-state index contributed by atoms with van der Waals surface area (Å²) >= 11 is 0. The maximum Gasteiger partial charge on any atom is 0.123 e. The second kappa shape index (κ2) is 9.38. The zero-order valence-electron chi connectivity index (χ0n) is 13.7. The molecule has 0 bridgehead atoms. The van der Waals surface area contributed by atoms with Crippen molar-refractivity contribution < 1.29 is 4.39 Å². The smallest absolute Gasteiger partial charge is 0.123 e. The van der Waals surface area contributed by atoms with E-state index < -0.39 is 0 Å². The topological polar surface area (TPSA) is 50.9 Å². The summed E-state index contributed by atoms with van der Waals surface area (Å²) in [5, 5.41) is 3.46. The minimum Gasteiger partial charge on any atom is -0.328 e. The van der Waals surface area contributed by atoms with E-state index >= 15 is 0 Å². The number of pyridine rings is 1. The van der Waals surface area contributed by atoms with E-state index in [2.05, 4.69) is 10.3 Å². The van der Waals surface area contributed by atoms with Crippen molar-refractivity contribution in [3.63, 3.8) is 0 Å². The van der Waals surface area contributed by atoms with Gasteiger partial charge in [-0.3, -0.25) is 4.98 Å². The molecular formula is C19H26FN3. The van der Waals surface area contributed by atoms with E-state index in [9.17, 15) is 4.39 Å². The van der Waals surface area contributed by atoms with Gasteiger partial charge in [-0.05, 0) is 69.1 Å². The highest BCUT2D eigenvalue weighted by Crippen LogP contribution is 2.26. The van der Waals surface area contributed by atoms with Crippen molar-refractivity contribution >= 4 is 0 Å². The normalized spacial score (nSPS) is 13.7. The first-order chi connectivity index (χ1) is 11.2. The number of halogens is 1. The summed E-state index contributed by atoms with van der Waals surface area (Å²) in [6.07, 6.45) is 4.86. The SMILES string of the molecule is CC(N)CCCNCCC(c1ccc(F)cc1)c1ccccn1. The summed E-state index contributed by atoms with van der Waals surface area (Å²) in [5.74, 6) is -0.0275. The van der Waals surface area contributed by atoms with Crippen LogP contribution in [-0.2, 0) is 0 Å². The van der Waals surface area contributed by atoms with E-state index in [1.165, 1.54) is 12.1 Å². The molecule has 2 aromatic rings. The molecule has 2 unspecified atom stereocenters. The molecule has 1 aromatic carbocycles. The molecule has 0 saturated heterocycles. The Morgan fingerprint density at radius 1 is 1.09 bits per heavy atom. The Hall–Kier alpha value is -1.78. The zero-order chi connectivity index (χ0) is 16.5. The summed E-state index contributed by atoms with van der Waals surface area (Å²) in [7, 11) is 0. The molecule has 0 spiro atoms. The van der Waals surface area contributed by atoms with Crippen molar-refractivity contribution in [2.45, 2.75) is 38.1 Å². The molecule has 0 saturated carbocycles. The Bertz CT molecular complexity index is 555. The lowest BCUT2D eigenvalue weighted by Gasteiger charge is -2.17. The van der Waals surface area contributed by atoms with Gasteiger partial charge < -0.3 is 11.1 Å². The van der Waals surface area contributed by atoms with Crippen LogP contribution >= 0.6 is 0 Å². The van der Waals surface area contributed by atoms with E-state index in [4.69, 9.17) is 5.73 Å². The summed E-state index contributed by atoms with van der Waals surface area (Å²) in [6, 6.07) is 12.9. The van der Waals surface area contributed by atoms with Crippen LogP contribution in [0.4, 0.5) is 4.39 Å². The number of nitrogens with zero attached hydrogens (tertiary/aromatic N) is 1. The van der Waals surface area contributed by atoms with Crippen LogP contribution in [0.3, 0.4) is 0 Å². The number of benzene rings is 1. The van der Waals surface area contributed by atoms with Gasteiger partial charge >= 0.3 is 0 Å². The number of aromatic nitrogens is 1. The van der Waals surface area contributed by atoms with Crippen LogP contribution < -0.4 is 11.1 Å². The monoisotopic (exact) mass is 315 g/mol. The quantitative estimate of drug-likeness (QED) is 0.697. The molecule has 0 aliphatic rings. The number of hydrogen-bond donors (Lipinski definition) is 2. The van der Waals surface area contributed by atoms with E-state index in [-0.39, 0.29) is 17.8 Å². The molecule has 124 valence electrons. The predicted octanol–water partition coefficient (Wildman–Crippen LogP) is 3.46. The zero-order valence-corrected chi connectivity index (χ0v) is 13.7. The standard InChI is InChI=1S/C19H26FN3/c1-15(21)5-4-12-22-14-11-18(19-6-2-3-13-23-19)16-7-9-17(20)10-8-16/h2-3,6-10,13,15,18,22H,4-5,11-12,14,21H2,1H3. The van der Waals surface area contributed by atoms with Gasteiger partial charge in [-0.15, -0.1) is 0 Å². The second-order valence-corrected chi connectivity index (χ2v) is 6.02. The van der Waals surface area contributed by atoms with Gasteiger partial charge in [0.1, 0.15) is 5.82 Å². The van der Waals surface area contributed by atoms with Gasteiger partial charge in [0.25, 0.3) is 0 Å². The van der Waals surface area contributed by atoms with Crippen molar-refractivity contribution in [3.05, 3.63) is 65.7 Å². The van der Waals surface area contributed by atoms with Crippen LogP contribution in [0, 0.1) is 5.82 Å². The van der Waals surface area contributed by atoms with E-state index in [1.54, 1.807) is 0 Å². The average Bonchev–Trinajstić information content (AvgIpc) is 2.56. The third-order valence-corrected chi connectivity index (χ3v) is 3.94. The van der Waals surface area contributed by atoms with Crippen molar-refractivity contribution in [2.24, 2.45) is 5.73 Å². The molecule has 1 aromatic heterocycles. The van der Waals surface area contributed by atoms with Gasteiger partial charge in [0.2, 0.25) is 0 Å². The van der Waals surface area contributed by atoms with Crippen molar-refractivity contribution in [1.82, 2.24) is 10.3 Å². The fourth-order valence-corrected chi connectivity index (χ4v) is 2.68. The Balaban J connectivity index is 1.94. The maximum absolute atomic E-state index is 13.2. The van der Waals surface area contributed by atoms with Gasteiger partial charge in [-0.2, -0.15) is 0 Å². The lowest BCUT2D eigenvalue weighted by Crippen LogP contribution is -2.22. The minimum absolute atomic E-state index is 0.178. The van der Waals surface area contributed by atoms with Gasteiger partial charge in [0.15, 0.2) is 0 Å². The Labute approximate surface area is 138 Å². The molecule has 4 heteroatoms. The van der Waals surface area contributed by atoms with E-state index in [1.807, 2.05) is 43.5 Å². The fraction of sp³-hybridized carbons (Fsp3) is 0.421. The molecule has 2 rings (SSSR count). The molecule has 3 N–H and O–H groups in total. The highest BCUT2D eigenvalue weighted by Gasteiger charge is 2.15. The summed E-state index contributed by atoms with van der Waals surface area (Å²) < 4.78 is 13.2. The second-order valence-electron chi connectivity index (χ2n) is 6.02. The van der Waals surface area contributed by atoms with Crippen LogP contribution in [0.15, 0.2) is 48.7 Å².